The smallest absolute Gasteiger partial charge is 0.120 e. The number of anilines is 1. The van der Waals surface area contributed by atoms with Gasteiger partial charge in [0.1, 0.15) is 6.29 Å². The van der Waals surface area contributed by atoms with E-state index in [1.54, 1.807) is 0 Å². The number of nitrogens with one attached hydrogen (secondary N) is 1. The van der Waals surface area contributed by atoms with E-state index in [-0.39, 0.29) is 5.54 Å². The van der Waals surface area contributed by atoms with Crippen LogP contribution in [0.3, 0.4) is 0 Å². The van der Waals surface area contributed by atoms with Crippen molar-refractivity contribution in [1.82, 2.24) is 5.32 Å². The highest BCUT2D eigenvalue weighted by Gasteiger charge is 2.41. The van der Waals surface area contributed by atoms with E-state index in [2.05, 4.69) is 46.6 Å². The maximum Gasteiger partial charge on any atom is 0.120 e. The SMILES string of the molecule is CNC1(CCC=O)CN(c2ccc(-c3ccc(C)cc3Cl)cc2)C1. The van der Waals surface area contributed by atoms with Crippen LogP contribution in [-0.2, 0) is 4.79 Å². The number of benzene rings is 2. The van der Waals surface area contributed by atoms with Gasteiger partial charge in [0.25, 0.3) is 0 Å². The highest BCUT2D eigenvalue weighted by atomic mass is 35.5. The molecule has 126 valence electrons. The van der Waals surface area contributed by atoms with Crippen LogP contribution >= 0.6 is 11.6 Å². The number of carbonyl (C=O) groups excluding carboxylic acids is 1. The Morgan fingerprint density at radius 1 is 1.21 bits per heavy atom. The largest absolute Gasteiger partial charge is 0.368 e. The van der Waals surface area contributed by atoms with Crippen molar-refractivity contribution in [2.24, 2.45) is 0 Å². The second kappa shape index (κ2) is 6.96. The summed E-state index contributed by atoms with van der Waals surface area (Å²) in [6.07, 6.45) is 2.50. The van der Waals surface area contributed by atoms with E-state index in [0.29, 0.717) is 6.42 Å². The molecule has 2 aromatic rings. The van der Waals surface area contributed by atoms with Gasteiger partial charge in [-0.3, -0.25) is 0 Å². The summed E-state index contributed by atoms with van der Waals surface area (Å²) in [6.45, 7) is 3.91. The Kier molecular flexibility index (Phi) is 4.93. The van der Waals surface area contributed by atoms with Gasteiger partial charge < -0.3 is 15.0 Å². The number of hydrogen-bond acceptors (Lipinski definition) is 3. The first kappa shape index (κ1) is 17.0. The summed E-state index contributed by atoms with van der Waals surface area (Å²) >= 11 is 6.36. The fourth-order valence-corrected chi connectivity index (χ4v) is 3.69. The van der Waals surface area contributed by atoms with Gasteiger partial charge in [-0.05, 0) is 49.7 Å². The summed E-state index contributed by atoms with van der Waals surface area (Å²) in [5.74, 6) is 0. The zero-order valence-electron chi connectivity index (χ0n) is 14.2. The van der Waals surface area contributed by atoms with E-state index in [4.69, 9.17) is 11.6 Å². The molecule has 0 aliphatic carbocycles. The average Bonchev–Trinajstić information content (AvgIpc) is 2.55. The van der Waals surface area contributed by atoms with Crippen molar-refractivity contribution < 1.29 is 4.79 Å². The molecule has 0 spiro atoms. The standard InChI is InChI=1S/C20H23ClN2O/c1-15-4-9-18(19(21)12-15)16-5-7-17(8-6-16)23-13-20(14-23,22-2)10-3-11-24/h4-9,11-12,22H,3,10,13-14H2,1-2H3. The van der Waals surface area contributed by atoms with Gasteiger partial charge >= 0.3 is 0 Å². The van der Waals surface area contributed by atoms with Crippen LogP contribution in [0.1, 0.15) is 18.4 Å². The van der Waals surface area contributed by atoms with E-state index in [1.165, 1.54) is 11.3 Å². The summed E-state index contributed by atoms with van der Waals surface area (Å²) in [4.78, 5) is 13.0. The molecule has 0 unspecified atom stereocenters. The van der Waals surface area contributed by atoms with Gasteiger partial charge in [-0.15, -0.1) is 0 Å². The van der Waals surface area contributed by atoms with E-state index < -0.39 is 0 Å². The lowest BCUT2D eigenvalue weighted by atomic mass is 9.84. The van der Waals surface area contributed by atoms with Crippen LogP contribution in [-0.4, -0.2) is 32.0 Å². The van der Waals surface area contributed by atoms with Crippen LogP contribution in [0.5, 0.6) is 0 Å². The van der Waals surface area contributed by atoms with Crippen molar-refractivity contribution in [3.05, 3.63) is 53.1 Å². The minimum absolute atomic E-state index is 0.0693. The summed E-state index contributed by atoms with van der Waals surface area (Å²) in [5.41, 5.74) is 4.64. The first-order chi connectivity index (χ1) is 11.6. The molecular formula is C20H23ClN2O. The number of carbonyl (C=O) groups is 1. The van der Waals surface area contributed by atoms with Crippen molar-refractivity contribution in [2.45, 2.75) is 25.3 Å². The highest BCUT2D eigenvalue weighted by Crippen LogP contribution is 2.34. The highest BCUT2D eigenvalue weighted by molar-refractivity contribution is 6.33. The third kappa shape index (κ3) is 3.33. The van der Waals surface area contributed by atoms with Gasteiger partial charge in [0.05, 0.1) is 5.54 Å². The first-order valence-electron chi connectivity index (χ1n) is 8.31. The van der Waals surface area contributed by atoms with Crippen molar-refractivity contribution in [3.63, 3.8) is 0 Å². The molecule has 0 bridgehead atoms. The summed E-state index contributed by atoms with van der Waals surface area (Å²) in [7, 11) is 1.98. The van der Waals surface area contributed by atoms with Gasteiger partial charge in [-0.2, -0.15) is 0 Å². The fraction of sp³-hybridized carbons (Fsp3) is 0.350. The van der Waals surface area contributed by atoms with Crippen LogP contribution in [0.4, 0.5) is 5.69 Å². The second-order valence-electron chi connectivity index (χ2n) is 6.62. The third-order valence-electron chi connectivity index (χ3n) is 4.93. The summed E-state index contributed by atoms with van der Waals surface area (Å²) in [6, 6.07) is 14.7. The van der Waals surface area contributed by atoms with Crippen LogP contribution < -0.4 is 10.2 Å². The Morgan fingerprint density at radius 3 is 2.50 bits per heavy atom. The molecule has 0 amide bonds. The third-order valence-corrected chi connectivity index (χ3v) is 5.24. The number of rotatable bonds is 6. The Labute approximate surface area is 148 Å². The molecule has 3 rings (SSSR count). The van der Waals surface area contributed by atoms with Gasteiger partial charge in [-0.25, -0.2) is 0 Å². The molecule has 1 fully saturated rings. The van der Waals surface area contributed by atoms with Crippen LogP contribution in [0.25, 0.3) is 11.1 Å². The van der Waals surface area contributed by atoms with Crippen LogP contribution in [0.2, 0.25) is 5.02 Å². The van der Waals surface area contributed by atoms with E-state index in [0.717, 1.165) is 41.9 Å². The molecule has 1 saturated heterocycles. The average molecular weight is 343 g/mol. The number of likely N-dealkylation sites (N-methyl/N-ethyl adjacent to an activating group) is 1. The summed E-state index contributed by atoms with van der Waals surface area (Å²) < 4.78 is 0. The zero-order chi connectivity index (χ0) is 17.2. The molecule has 2 aromatic carbocycles. The van der Waals surface area contributed by atoms with Gasteiger partial charge in [0.2, 0.25) is 0 Å². The predicted molar refractivity (Wildman–Crippen MR) is 101 cm³/mol. The topological polar surface area (TPSA) is 32.3 Å². The number of hydrogen-bond donors (Lipinski definition) is 1. The minimum Gasteiger partial charge on any atom is -0.368 e. The van der Waals surface area contributed by atoms with Crippen molar-refractivity contribution in [1.29, 1.82) is 0 Å². The quantitative estimate of drug-likeness (QED) is 0.803. The maximum absolute atomic E-state index is 10.6. The van der Waals surface area contributed by atoms with Crippen molar-refractivity contribution in [2.75, 3.05) is 25.0 Å². The lowest BCUT2D eigenvalue weighted by Crippen LogP contribution is -2.68. The molecule has 1 heterocycles. The Morgan fingerprint density at radius 2 is 1.92 bits per heavy atom. The lowest BCUT2D eigenvalue weighted by Gasteiger charge is -2.51. The molecule has 1 aliphatic rings. The number of aldehydes is 1. The molecule has 0 aromatic heterocycles. The van der Waals surface area contributed by atoms with Gasteiger partial charge in [-0.1, -0.05) is 35.9 Å². The van der Waals surface area contributed by atoms with Crippen LogP contribution in [0, 0.1) is 6.92 Å². The fourth-order valence-electron chi connectivity index (χ4n) is 3.35. The van der Waals surface area contributed by atoms with Gasteiger partial charge in [0.15, 0.2) is 0 Å². The van der Waals surface area contributed by atoms with E-state index in [9.17, 15) is 4.79 Å². The minimum atomic E-state index is 0.0693. The zero-order valence-corrected chi connectivity index (χ0v) is 14.9. The van der Waals surface area contributed by atoms with E-state index in [1.807, 2.05) is 20.0 Å². The lowest BCUT2D eigenvalue weighted by molar-refractivity contribution is -0.108. The maximum atomic E-state index is 10.6. The molecule has 0 saturated carbocycles. The van der Waals surface area contributed by atoms with Gasteiger partial charge in [0, 0.05) is 35.8 Å². The Balaban J connectivity index is 1.71. The number of aryl methyl sites for hydroxylation is 1. The molecule has 1 N–H and O–H groups in total. The summed E-state index contributed by atoms with van der Waals surface area (Å²) in [5, 5.41) is 4.17. The normalized spacial score (nSPS) is 15.9. The first-order valence-corrected chi connectivity index (χ1v) is 8.69. The molecule has 0 radical (unpaired) electrons. The predicted octanol–water partition coefficient (Wildman–Crippen LogP) is 4.07. The molecule has 3 nitrogen and oxygen atoms in total. The number of nitrogens with zero attached hydrogens (tertiary/aromatic N) is 1. The molecule has 0 atom stereocenters. The van der Waals surface area contributed by atoms with Crippen LogP contribution in [0.15, 0.2) is 42.5 Å². The molecular weight excluding hydrogens is 320 g/mol. The molecule has 24 heavy (non-hydrogen) atoms. The Bertz CT molecular complexity index is 721. The second-order valence-corrected chi connectivity index (χ2v) is 7.03. The van der Waals surface area contributed by atoms with Crippen molar-refractivity contribution >= 4 is 23.6 Å². The number of halogens is 1. The molecule has 4 heteroatoms. The Hall–Kier alpha value is -1.84. The van der Waals surface area contributed by atoms with Crippen molar-refractivity contribution in [3.8, 4) is 11.1 Å². The molecule has 1 aliphatic heterocycles. The monoisotopic (exact) mass is 342 g/mol. The van der Waals surface area contributed by atoms with E-state index >= 15 is 0 Å².